The summed E-state index contributed by atoms with van der Waals surface area (Å²) >= 11 is 0. The van der Waals surface area contributed by atoms with E-state index in [1.165, 1.54) is 6.33 Å². The third-order valence-corrected chi connectivity index (χ3v) is 4.55. The molecule has 1 unspecified atom stereocenters. The van der Waals surface area contributed by atoms with E-state index in [2.05, 4.69) is 39.7 Å². The highest BCUT2D eigenvalue weighted by molar-refractivity contribution is 5.64. The third-order valence-electron chi connectivity index (χ3n) is 4.55. The number of ether oxygens (including phenoxy) is 1. The van der Waals surface area contributed by atoms with Crippen LogP contribution in [0.2, 0.25) is 0 Å². The van der Waals surface area contributed by atoms with Crippen molar-refractivity contribution in [2.75, 3.05) is 16.4 Å². The first kappa shape index (κ1) is 18.6. The fourth-order valence-electron chi connectivity index (χ4n) is 3.02. The van der Waals surface area contributed by atoms with Crippen molar-refractivity contribution in [2.45, 2.75) is 18.9 Å². The van der Waals surface area contributed by atoms with E-state index in [1.54, 1.807) is 0 Å². The second kappa shape index (κ2) is 8.06. The fourth-order valence-corrected chi connectivity index (χ4v) is 3.02. The summed E-state index contributed by atoms with van der Waals surface area (Å²) in [5, 5.41) is 6.53. The summed E-state index contributed by atoms with van der Waals surface area (Å²) in [4.78, 5) is 8.55. The van der Waals surface area contributed by atoms with Gasteiger partial charge in [-0.15, -0.1) is 0 Å². The van der Waals surface area contributed by atoms with Crippen molar-refractivity contribution in [3.63, 3.8) is 0 Å². The standard InChI is InChI=1S/C23H23N5O/c1-23(13-3-2-4-14-23)29-20-11-9-19(10-12-20)28-22-15-21(25-16-26-22)27-18-7-5-17(24)6-8-18/h2-13,15-16H,14,24H2,1H3,(H2,25,26,27,28). The molecular weight excluding hydrogens is 362 g/mol. The second-order valence-corrected chi connectivity index (χ2v) is 7.09. The highest BCUT2D eigenvalue weighted by Crippen LogP contribution is 2.27. The van der Waals surface area contributed by atoms with Gasteiger partial charge in [-0.05, 0) is 61.5 Å². The van der Waals surface area contributed by atoms with Crippen LogP contribution in [0.3, 0.4) is 0 Å². The minimum Gasteiger partial charge on any atom is -0.483 e. The lowest BCUT2D eigenvalue weighted by atomic mass is 9.97. The number of anilines is 5. The molecule has 0 aliphatic heterocycles. The van der Waals surface area contributed by atoms with Crippen molar-refractivity contribution in [2.24, 2.45) is 0 Å². The van der Waals surface area contributed by atoms with Crippen molar-refractivity contribution < 1.29 is 4.74 Å². The van der Waals surface area contributed by atoms with Crippen molar-refractivity contribution in [3.8, 4) is 5.75 Å². The van der Waals surface area contributed by atoms with Crippen molar-refractivity contribution >= 4 is 28.7 Å². The van der Waals surface area contributed by atoms with Crippen LogP contribution in [0.25, 0.3) is 0 Å². The molecule has 0 radical (unpaired) electrons. The normalized spacial score (nSPS) is 17.7. The number of benzene rings is 2. The Morgan fingerprint density at radius 2 is 1.52 bits per heavy atom. The largest absolute Gasteiger partial charge is 0.483 e. The first-order valence-electron chi connectivity index (χ1n) is 9.43. The van der Waals surface area contributed by atoms with Gasteiger partial charge >= 0.3 is 0 Å². The van der Waals surface area contributed by atoms with Crippen LogP contribution < -0.4 is 21.1 Å². The fraction of sp³-hybridized carbons (Fsp3) is 0.130. The summed E-state index contributed by atoms with van der Waals surface area (Å²) in [6.45, 7) is 2.08. The topological polar surface area (TPSA) is 85.1 Å². The van der Waals surface area contributed by atoms with Crippen LogP contribution in [0.5, 0.6) is 5.75 Å². The van der Waals surface area contributed by atoms with Gasteiger partial charge in [0.2, 0.25) is 0 Å². The van der Waals surface area contributed by atoms with Gasteiger partial charge in [-0.25, -0.2) is 9.97 Å². The number of allylic oxidation sites excluding steroid dienone is 2. The molecule has 4 N–H and O–H groups in total. The number of hydrogen-bond acceptors (Lipinski definition) is 6. The molecule has 1 aliphatic carbocycles. The maximum Gasteiger partial charge on any atom is 0.135 e. The molecule has 0 spiro atoms. The number of nitrogen functional groups attached to an aromatic ring is 1. The summed E-state index contributed by atoms with van der Waals surface area (Å²) in [6.07, 6.45) is 10.6. The van der Waals surface area contributed by atoms with Gasteiger partial charge in [-0.2, -0.15) is 0 Å². The molecule has 1 aliphatic rings. The average molecular weight is 385 g/mol. The van der Waals surface area contributed by atoms with E-state index in [4.69, 9.17) is 10.5 Å². The molecule has 0 fully saturated rings. The highest BCUT2D eigenvalue weighted by atomic mass is 16.5. The van der Waals surface area contributed by atoms with Crippen molar-refractivity contribution in [3.05, 3.63) is 85.2 Å². The Hall–Kier alpha value is -3.80. The lowest BCUT2D eigenvalue weighted by Crippen LogP contribution is -2.29. The summed E-state index contributed by atoms with van der Waals surface area (Å²) < 4.78 is 6.13. The van der Waals surface area contributed by atoms with Gasteiger partial charge in [0.05, 0.1) is 0 Å². The van der Waals surface area contributed by atoms with Crippen LogP contribution in [0.15, 0.2) is 85.2 Å². The molecule has 29 heavy (non-hydrogen) atoms. The Bertz CT molecular complexity index is 1030. The lowest BCUT2D eigenvalue weighted by molar-refractivity contribution is 0.143. The molecule has 1 aromatic heterocycles. The molecule has 0 bridgehead atoms. The number of aromatic nitrogens is 2. The summed E-state index contributed by atoms with van der Waals surface area (Å²) in [6, 6.07) is 17.2. The zero-order valence-electron chi connectivity index (χ0n) is 16.2. The number of nitrogens with one attached hydrogen (secondary N) is 2. The maximum absolute atomic E-state index is 6.13. The Kier molecular flexibility index (Phi) is 5.16. The summed E-state index contributed by atoms with van der Waals surface area (Å²) in [5.41, 5.74) is 7.96. The zero-order valence-corrected chi connectivity index (χ0v) is 16.2. The minimum atomic E-state index is -0.307. The smallest absolute Gasteiger partial charge is 0.135 e. The zero-order chi connectivity index (χ0) is 20.1. The van der Waals surface area contributed by atoms with Crippen molar-refractivity contribution in [1.29, 1.82) is 0 Å². The monoisotopic (exact) mass is 385 g/mol. The van der Waals surface area contributed by atoms with Crippen LogP contribution >= 0.6 is 0 Å². The molecule has 1 heterocycles. The molecule has 4 rings (SSSR count). The van der Waals surface area contributed by atoms with E-state index >= 15 is 0 Å². The van der Waals surface area contributed by atoms with Gasteiger partial charge in [0.15, 0.2) is 0 Å². The SMILES string of the molecule is CC1(Oc2ccc(Nc3cc(Nc4ccc(N)cc4)ncn3)cc2)C=CC=CC1. The molecule has 0 amide bonds. The van der Waals surface area contributed by atoms with Crippen LogP contribution in [-0.4, -0.2) is 15.6 Å². The van der Waals surface area contributed by atoms with E-state index in [0.29, 0.717) is 11.6 Å². The molecule has 1 atom stereocenters. The Morgan fingerprint density at radius 3 is 2.10 bits per heavy atom. The van der Waals surface area contributed by atoms with Gasteiger partial charge in [0.25, 0.3) is 0 Å². The van der Waals surface area contributed by atoms with Crippen LogP contribution in [-0.2, 0) is 0 Å². The lowest BCUT2D eigenvalue weighted by Gasteiger charge is -2.28. The molecule has 2 aromatic carbocycles. The Balaban J connectivity index is 1.40. The first-order valence-corrected chi connectivity index (χ1v) is 9.43. The van der Waals surface area contributed by atoms with E-state index in [-0.39, 0.29) is 5.60 Å². The molecule has 3 aromatic rings. The molecule has 6 heteroatoms. The molecular formula is C23H23N5O. The van der Waals surface area contributed by atoms with Crippen LogP contribution in [0, 0.1) is 0 Å². The second-order valence-electron chi connectivity index (χ2n) is 7.09. The quantitative estimate of drug-likeness (QED) is 0.506. The number of nitrogens with two attached hydrogens (primary N) is 1. The van der Waals surface area contributed by atoms with Crippen LogP contribution in [0.1, 0.15) is 13.3 Å². The predicted molar refractivity (Wildman–Crippen MR) is 118 cm³/mol. The number of nitrogens with zero attached hydrogens (tertiary/aromatic N) is 2. The Labute approximate surface area is 170 Å². The highest BCUT2D eigenvalue weighted by Gasteiger charge is 2.22. The number of rotatable bonds is 6. The minimum absolute atomic E-state index is 0.307. The number of hydrogen-bond donors (Lipinski definition) is 3. The third kappa shape index (κ3) is 4.93. The summed E-state index contributed by atoms with van der Waals surface area (Å²) in [7, 11) is 0. The van der Waals surface area contributed by atoms with Gasteiger partial charge in [0, 0.05) is 29.5 Å². The van der Waals surface area contributed by atoms with E-state index < -0.39 is 0 Å². The molecule has 6 nitrogen and oxygen atoms in total. The van der Waals surface area contributed by atoms with Crippen LogP contribution in [0.4, 0.5) is 28.7 Å². The molecule has 0 saturated heterocycles. The first-order chi connectivity index (χ1) is 14.1. The van der Waals surface area contributed by atoms with E-state index in [0.717, 1.165) is 29.2 Å². The summed E-state index contributed by atoms with van der Waals surface area (Å²) in [5.74, 6) is 2.21. The van der Waals surface area contributed by atoms with Gasteiger partial charge in [-0.3, -0.25) is 0 Å². The van der Waals surface area contributed by atoms with Gasteiger partial charge < -0.3 is 21.1 Å². The van der Waals surface area contributed by atoms with E-state index in [9.17, 15) is 0 Å². The Morgan fingerprint density at radius 1 is 0.897 bits per heavy atom. The van der Waals surface area contributed by atoms with Gasteiger partial charge in [-0.1, -0.05) is 18.2 Å². The van der Waals surface area contributed by atoms with Crippen molar-refractivity contribution in [1.82, 2.24) is 9.97 Å². The predicted octanol–water partition coefficient (Wildman–Crippen LogP) is 5.20. The molecule has 0 saturated carbocycles. The van der Waals surface area contributed by atoms with Gasteiger partial charge in [0.1, 0.15) is 29.3 Å². The maximum atomic E-state index is 6.13. The average Bonchev–Trinajstić information content (AvgIpc) is 2.72. The molecule has 146 valence electrons. The van der Waals surface area contributed by atoms with E-state index in [1.807, 2.05) is 66.7 Å².